The Hall–Kier alpha value is -4.38. The van der Waals surface area contributed by atoms with Gasteiger partial charge in [-0.05, 0) is 41.7 Å². The molecule has 0 unspecified atom stereocenters. The van der Waals surface area contributed by atoms with Crippen LogP contribution in [-0.4, -0.2) is 58.9 Å². The largest absolute Gasteiger partial charge is 0.415 e. The maximum Gasteiger partial charge on any atom is 0.388 e. The first-order chi connectivity index (χ1) is 20.0. The third kappa shape index (κ3) is 6.91. The summed E-state index contributed by atoms with van der Waals surface area (Å²) in [6, 6.07) is 19.7. The summed E-state index contributed by atoms with van der Waals surface area (Å²) in [7, 11) is 0. The zero-order chi connectivity index (χ0) is 30.4. The number of hydroxylamine groups is 2. The van der Waals surface area contributed by atoms with Gasteiger partial charge in [0.15, 0.2) is 0 Å². The minimum atomic E-state index is -3.13. The molecule has 3 aromatic rings. The summed E-state index contributed by atoms with van der Waals surface area (Å²) in [5, 5.41) is 3.72. The minimum Gasteiger partial charge on any atom is -0.415 e. The summed E-state index contributed by atoms with van der Waals surface area (Å²) in [5.74, 6) is -1.66. The van der Waals surface area contributed by atoms with Crippen molar-refractivity contribution in [2.24, 2.45) is 0 Å². The molecule has 0 radical (unpaired) electrons. The normalized spacial score (nSPS) is 14.0. The summed E-state index contributed by atoms with van der Waals surface area (Å²) in [6.07, 6.45) is 0. The first-order valence-corrected chi connectivity index (χ1v) is 13.6. The topological polar surface area (TPSA) is 101 Å². The molecule has 1 aromatic heterocycles. The highest BCUT2D eigenvalue weighted by Gasteiger charge is 2.53. The van der Waals surface area contributed by atoms with Gasteiger partial charge in [-0.1, -0.05) is 68.4 Å². The fourth-order valence-electron chi connectivity index (χ4n) is 4.90. The van der Waals surface area contributed by atoms with Crippen molar-refractivity contribution in [3.63, 3.8) is 0 Å². The van der Waals surface area contributed by atoms with E-state index in [1.807, 2.05) is 68.4 Å². The first-order valence-electron chi connectivity index (χ1n) is 13.6. The number of aryl methyl sites for hydroxylation is 1. The SMILES string of the molecule is CC(=O)N(CC(=O)N1CC(C(=O)Nc2ccc(C)nc2OC(F)F)(c2ccccc2C(C)C)C1)OCc1ccccc1. The van der Waals surface area contributed by atoms with E-state index in [2.05, 4.69) is 15.0 Å². The summed E-state index contributed by atoms with van der Waals surface area (Å²) in [5.41, 5.74) is 1.73. The number of hydrogen-bond donors (Lipinski definition) is 1. The summed E-state index contributed by atoms with van der Waals surface area (Å²) in [4.78, 5) is 50.6. The molecule has 1 aliphatic heterocycles. The number of likely N-dealkylation sites (tertiary alicyclic amines) is 1. The number of halogens is 2. The van der Waals surface area contributed by atoms with Gasteiger partial charge < -0.3 is 15.0 Å². The van der Waals surface area contributed by atoms with E-state index >= 15 is 0 Å². The summed E-state index contributed by atoms with van der Waals surface area (Å²) >= 11 is 0. The lowest BCUT2D eigenvalue weighted by Crippen LogP contribution is -2.67. The van der Waals surface area contributed by atoms with Gasteiger partial charge >= 0.3 is 6.61 Å². The van der Waals surface area contributed by atoms with E-state index in [0.717, 1.165) is 21.8 Å². The van der Waals surface area contributed by atoms with Crippen LogP contribution in [0.5, 0.6) is 5.88 Å². The molecule has 2 aromatic carbocycles. The molecule has 3 amide bonds. The predicted molar refractivity (Wildman–Crippen MR) is 152 cm³/mol. The Morgan fingerprint density at radius 1 is 1.02 bits per heavy atom. The van der Waals surface area contributed by atoms with Gasteiger partial charge in [0, 0.05) is 25.7 Å². The van der Waals surface area contributed by atoms with Gasteiger partial charge in [0.25, 0.3) is 0 Å². The van der Waals surface area contributed by atoms with Crippen LogP contribution in [0.1, 0.15) is 49.1 Å². The fourth-order valence-corrected chi connectivity index (χ4v) is 4.90. The molecule has 1 fully saturated rings. The number of ether oxygens (including phenoxy) is 1. The minimum absolute atomic E-state index is 0.00542. The van der Waals surface area contributed by atoms with Crippen molar-refractivity contribution in [2.75, 3.05) is 25.0 Å². The van der Waals surface area contributed by atoms with Crippen molar-refractivity contribution >= 4 is 23.4 Å². The lowest BCUT2D eigenvalue weighted by Gasteiger charge is -2.50. The van der Waals surface area contributed by atoms with E-state index < -0.39 is 35.6 Å². The number of amides is 3. The Labute approximate surface area is 243 Å². The smallest absolute Gasteiger partial charge is 0.388 e. The number of rotatable bonds is 11. The van der Waals surface area contributed by atoms with Crippen molar-refractivity contribution in [2.45, 2.75) is 52.2 Å². The van der Waals surface area contributed by atoms with Crippen molar-refractivity contribution in [3.05, 3.63) is 89.1 Å². The second-order valence-electron chi connectivity index (χ2n) is 10.5. The van der Waals surface area contributed by atoms with E-state index in [-0.39, 0.29) is 37.8 Å². The van der Waals surface area contributed by atoms with Crippen LogP contribution in [0.2, 0.25) is 0 Å². The van der Waals surface area contributed by atoms with Crippen LogP contribution in [0.4, 0.5) is 14.5 Å². The number of aromatic nitrogens is 1. The molecule has 11 heteroatoms. The van der Waals surface area contributed by atoms with Crippen LogP contribution < -0.4 is 10.1 Å². The third-order valence-corrected chi connectivity index (χ3v) is 7.12. The fraction of sp³-hybridized carbons (Fsp3) is 0.355. The Balaban J connectivity index is 1.57. The van der Waals surface area contributed by atoms with Crippen molar-refractivity contribution in [3.8, 4) is 5.88 Å². The van der Waals surface area contributed by atoms with Crippen molar-refractivity contribution in [1.82, 2.24) is 14.9 Å². The molecule has 1 aliphatic rings. The molecule has 42 heavy (non-hydrogen) atoms. The highest BCUT2D eigenvalue weighted by atomic mass is 19.3. The van der Waals surface area contributed by atoms with Gasteiger partial charge in [-0.25, -0.2) is 10.0 Å². The predicted octanol–water partition coefficient (Wildman–Crippen LogP) is 4.81. The Kier molecular flexibility index (Phi) is 9.52. The highest BCUT2D eigenvalue weighted by molar-refractivity contribution is 6.03. The van der Waals surface area contributed by atoms with E-state index in [4.69, 9.17) is 4.84 Å². The van der Waals surface area contributed by atoms with Crippen molar-refractivity contribution < 1.29 is 32.7 Å². The molecule has 222 valence electrons. The molecule has 0 aliphatic carbocycles. The van der Waals surface area contributed by atoms with Crippen LogP contribution in [0.3, 0.4) is 0 Å². The second-order valence-corrected chi connectivity index (χ2v) is 10.5. The molecule has 2 heterocycles. The molecule has 1 N–H and O–H groups in total. The highest BCUT2D eigenvalue weighted by Crippen LogP contribution is 2.40. The molecule has 0 spiro atoms. The Bertz CT molecular complexity index is 1430. The lowest BCUT2D eigenvalue weighted by atomic mass is 9.69. The quantitative estimate of drug-likeness (QED) is 0.327. The first kappa shape index (κ1) is 30.6. The van der Waals surface area contributed by atoms with Gasteiger partial charge in [-0.15, -0.1) is 0 Å². The average molecular weight is 581 g/mol. The third-order valence-electron chi connectivity index (χ3n) is 7.12. The van der Waals surface area contributed by atoms with Crippen molar-refractivity contribution in [1.29, 1.82) is 0 Å². The number of alkyl halides is 2. The number of pyridine rings is 1. The van der Waals surface area contributed by atoms with Crippen LogP contribution >= 0.6 is 0 Å². The Morgan fingerprint density at radius 3 is 2.33 bits per heavy atom. The van der Waals surface area contributed by atoms with E-state index in [1.54, 1.807) is 13.0 Å². The summed E-state index contributed by atoms with van der Waals surface area (Å²) in [6.45, 7) is 3.59. The molecule has 0 saturated carbocycles. The molecule has 0 atom stereocenters. The zero-order valence-corrected chi connectivity index (χ0v) is 24.0. The van der Waals surface area contributed by atoms with E-state index in [9.17, 15) is 23.2 Å². The number of nitrogens with zero attached hydrogens (tertiary/aromatic N) is 3. The lowest BCUT2D eigenvalue weighted by molar-refractivity contribution is -0.194. The number of nitrogens with one attached hydrogen (secondary N) is 1. The number of hydrogen-bond acceptors (Lipinski definition) is 6. The number of benzene rings is 2. The second kappa shape index (κ2) is 13.1. The van der Waals surface area contributed by atoms with E-state index in [0.29, 0.717) is 5.69 Å². The molecular weight excluding hydrogens is 546 g/mol. The molecule has 9 nitrogen and oxygen atoms in total. The molecular formula is C31H34F2N4O5. The molecule has 1 saturated heterocycles. The van der Waals surface area contributed by atoms with Gasteiger partial charge in [0.2, 0.25) is 23.6 Å². The van der Waals surface area contributed by atoms with Crippen LogP contribution in [-0.2, 0) is 31.2 Å². The number of anilines is 1. The molecule has 0 bridgehead atoms. The molecule has 4 rings (SSSR count). The zero-order valence-electron chi connectivity index (χ0n) is 24.0. The van der Waals surface area contributed by atoms with Crippen LogP contribution in [0.25, 0.3) is 0 Å². The number of carbonyl (C=O) groups excluding carboxylic acids is 3. The van der Waals surface area contributed by atoms with E-state index in [1.165, 1.54) is 17.9 Å². The standard InChI is InChI=1S/C31H34F2N4O5/c1-20(2)24-12-8-9-13-25(24)31(29(40)35-26-15-14-21(3)34-28(26)42-30(32)33)18-36(19-31)27(39)16-37(22(4)38)41-17-23-10-6-5-7-11-23/h5-15,20,30H,16-19H2,1-4H3,(H,35,40). The maximum absolute atomic E-state index is 14.0. The average Bonchev–Trinajstić information content (AvgIpc) is 2.92. The maximum atomic E-state index is 14.0. The van der Waals surface area contributed by atoms with Crippen LogP contribution in [0, 0.1) is 6.92 Å². The Morgan fingerprint density at radius 2 is 1.69 bits per heavy atom. The van der Waals surface area contributed by atoms with Gasteiger partial charge in [-0.3, -0.25) is 19.2 Å². The van der Waals surface area contributed by atoms with Gasteiger partial charge in [0.05, 0.1) is 0 Å². The van der Waals surface area contributed by atoms with Gasteiger partial charge in [0.1, 0.15) is 24.3 Å². The van der Waals surface area contributed by atoms with Crippen LogP contribution in [0.15, 0.2) is 66.7 Å². The monoisotopic (exact) mass is 580 g/mol. The summed E-state index contributed by atoms with van der Waals surface area (Å²) < 4.78 is 30.7. The van der Waals surface area contributed by atoms with Gasteiger partial charge in [-0.2, -0.15) is 8.78 Å². The number of carbonyl (C=O) groups is 3.